The van der Waals surface area contributed by atoms with E-state index in [4.69, 9.17) is 0 Å². The molecule has 0 aliphatic carbocycles. The topological polar surface area (TPSA) is 12.5 Å². The fraction of sp³-hybridized carbons (Fsp3) is 1.00. The summed E-state index contributed by atoms with van der Waals surface area (Å²) in [7, 11) is 0. The number of ether oxygens (including phenoxy) is 1. The summed E-state index contributed by atoms with van der Waals surface area (Å²) in [5, 5.41) is 0. The van der Waals surface area contributed by atoms with Gasteiger partial charge in [0.25, 0.3) is 0 Å². The maximum Gasteiger partial charge on any atom is 0.0701 e. The molecule has 0 aromatic carbocycles. The summed E-state index contributed by atoms with van der Waals surface area (Å²) >= 11 is 0. The smallest absolute Gasteiger partial charge is 0.0701 e. The maximum atomic E-state index is 4.50. The second kappa shape index (κ2) is 16.7. The minimum Gasteiger partial charge on any atom is -0.377 e. The van der Waals surface area contributed by atoms with E-state index in [9.17, 15) is 0 Å². The van der Waals surface area contributed by atoms with Crippen LogP contribution in [0.2, 0.25) is 0 Å². The largest absolute Gasteiger partial charge is 0.377 e. The van der Waals surface area contributed by atoms with Crippen LogP contribution < -0.4 is 0 Å². The van der Waals surface area contributed by atoms with Gasteiger partial charge in [-0.2, -0.15) is 0 Å². The van der Waals surface area contributed by atoms with Crippen molar-refractivity contribution in [1.82, 2.24) is 0 Å². The van der Waals surface area contributed by atoms with Gasteiger partial charge in [-0.15, -0.1) is 0 Å². The molecule has 0 aromatic heterocycles. The monoisotopic (exact) mass is 104 g/mol. The van der Waals surface area contributed by atoms with Crippen LogP contribution in [0.1, 0.15) is 27.7 Å². The van der Waals surface area contributed by atoms with Crippen molar-refractivity contribution in [1.29, 1.82) is 0 Å². The highest BCUT2D eigenvalue weighted by Crippen LogP contribution is 1.84. The van der Waals surface area contributed by atoms with E-state index in [0.717, 1.165) is 13.2 Å². The van der Waals surface area contributed by atoms with Crippen LogP contribution in [0.25, 0.3) is 0 Å². The van der Waals surface area contributed by atoms with Crippen LogP contribution in [0.3, 0.4) is 0 Å². The van der Waals surface area contributed by atoms with E-state index < -0.39 is 0 Å². The molecule has 0 N–H and O–H groups in total. The molecular weight excluding hydrogens is 88.1 g/mol. The fourth-order valence-electron chi connectivity index (χ4n) is 0. The van der Waals surface area contributed by atoms with Crippen LogP contribution in [-0.4, -0.2) is 13.2 Å². The molecule has 1 heterocycles. The molecule has 1 nitrogen and oxygen atoms in total. The zero-order chi connectivity index (χ0) is 6.12. The first-order chi connectivity index (χ1) is 3.50. The Labute approximate surface area is 46.7 Å². The lowest BCUT2D eigenvalue weighted by Gasteiger charge is -1.24. The highest BCUT2D eigenvalue weighted by molar-refractivity contribution is 4.36. The molecule has 0 unspecified atom stereocenters. The Bertz CT molecular complexity index is 8.90. The molecule has 1 saturated heterocycles. The summed E-state index contributed by atoms with van der Waals surface area (Å²) in [4.78, 5) is 0. The van der Waals surface area contributed by atoms with Gasteiger partial charge in [0, 0.05) is 0 Å². The number of hydrogen-bond donors (Lipinski definition) is 0. The second-order valence-electron chi connectivity index (χ2n) is 0.612. The molecule has 0 aromatic rings. The Morgan fingerprint density at radius 1 is 0.857 bits per heavy atom. The minimum absolute atomic E-state index is 1.00. The molecular formula is C6H16O. The van der Waals surface area contributed by atoms with E-state index in [1.165, 1.54) is 0 Å². The quantitative estimate of drug-likeness (QED) is 0.428. The SMILES string of the molecule is C1CO1.CC.CC. The zero-order valence-corrected chi connectivity index (χ0v) is 5.82. The van der Waals surface area contributed by atoms with Gasteiger partial charge >= 0.3 is 0 Å². The molecule has 0 radical (unpaired) electrons. The summed E-state index contributed by atoms with van der Waals surface area (Å²) in [6.07, 6.45) is 0. The van der Waals surface area contributed by atoms with Crippen molar-refractivity contribution in [2.24, 2.45) is 0 Å². The predicted molar refractivity (Wildman–Crippen MR) is 33.5 cm³/mol. The van der Waals surface area contributed by atoms with Crippen molar-refractivity contribution in [3.8, 4) is 0 Å². The molecule has 0 spiro atoms. The number of epoxide rings is 1. The standard InChI is InChI=1S/C2H4O.2C2H6/c1-2-3-1;2*1-2/h1-2H2;2*1-2H3. The first kappa shape index (κ1) is 10.0. The van der Waals surface area contributed by atoms with Gasteiger partial charge in [-0.3, -0.25) is 0 Å². The number of rotatable bonds is 0. The summed E-state index contributed by atoms with van der Waals surface area (Å²) in [5.74, 6) is 0. The van der Waals surface area contributed by atoms with E-state index >= 15 is 0 Å². The molecule has 1 rings (SSSR count). The van der Waals surface area contributed by atoms with E-state index in [2.05, 4.69) is 4.74 Å². The Morgan fingerprint density at radius 3 is 1.00 bits per heavy atom. The summed E-state index contributed by atoms with van der Waals surface area (Å²) in [6.45, 7) is 10.0. The Balaban J connectivity index is 0. The van der Waals surface area contributed by atoms with Gasteiger partial charge in [-0.1, -0.05) is 27.7 Å². The van der Waals surface area contributed by atoms with Crippen LogP contribution in [0.15, 0.2) is 0 Å². The molecule has 1 fully saturated rings. The van der Waals surface area contributed by atoms with Gasteiger partial charge in [0.2, 0.25) is 0 Å². The van der Waals surface area contributed by atoms with Crippen molar-refractivity contribution in [3.05, 3.63) is 0 Å². The first-order valence-corrected chi connectivity index (χ1v) is 3.08. The average molecular weight is 104 g/mol. The van der Waals surface area contributed by atoms with Crippen molar-refractivity contribution in [2.75, 3.05) is 13.2 Å². The van der Waals surface area contributed by atoms with Crippen molar-refractivity contribution >= 4 is 0 Å². The van der Waals surface area contributed by atoms with Gasteiger partial charge in [0.15, 0.2) is 0 Å². The van der Waals surface area contributed by atoms with E-state index in [1.807, 2.05) is 27.7 Å². The summed E-state index contributed by atoms with van der Waals surface area (Å²) in [6, 6.07) is 0. The average Bonchev–Trinajstić information content (AvgIpc) is 2.58. The molecule has 46 valence electrons. The molecule has 7 heavy (non-hydrogen) atoms. The van der Waals surface area contributed by atoms with Gasteiger partial charge in [0.1, 0.15) is 0 Å². The molecule has 1 aliphatic rings. The Kier molecular flexibility index (Phi) is 24.0. The third kappa shape index (κ3) is 101. The second-order valence-corrected chi connectivity index (χ2v) is 0.612. The van der Waals surface area contributed by atoms with Crippen molar-refractivity contribution < 1.29 is 4.74 Å². The Morgan fingerprint density at radius 2 is 1.00 bits per heavy atom. The van der Waals surface area contributed by atoms with Crippen molar-refractivity contribution in [3.63, 3.8) is 0 Å². The first-order valence-electron chi connectivity index (χ1n) is 3.08. The fourth-order valence-corrected chi connectivity index (χ4v) is 0. The lowest BCUT2D eigenvalue weighted by Crippen LogP contribution is -1.20. The third-order valence-corrected chi connectivity index (χ3v) is 0.204. The highest BCUT2D eigenvalue weighted by Gasteiger charge is 1.94. The van der Waals surface area contributed by atoms with Gasteiger partial charge in [-0.25, -0.2) is 0 Å². The molecule has 0 bridgehead atoms. The normalized spacial score (nSPS) is 12.0. The number of hydrogen-bond acceptors (Lipinski definition) is 1. The molecule has 0 amide bonds. The van der Waals surface area contributed by atoms with Crippen LogP contribution in [0.4, 0.5) is 0 Å². The Hall–Kier alpha value is -0.0400. The summed E-state index contributed by atoms with van der Waals surface area (Å²) < 4.78 is 4.50. The van der Waals surface area contributed by atoms with E-state index in [-0.39, 0.29) is 0 Å². The van der Waals surface area contributed by atoms with Crippen LogP contribution in [-0.2, 0) is 4.74 Å². The van der Waals surface area contributed by atoms with E-state index in [1.54, 1.807) is 0 Å². The zero-order valence-electron chi connectivity index (χ0n) is 5.82. The summed E-state index contributed by atoms with van der Waals surface area (Å²) in [5.41, 5.74) is 0. The van der Waals surface area contributed by atoms with Gasteiger partial charge in [-0.05, 0) is 0 Å². The van der Waals surface area contributed by atoms with Crippen LogP contribution >= 0.6 is 0 Å². The minimum atomic E-state index is 1.00. The molecule has 1 aliphatic heterocycles. The van der Waals surface area contributed by atoms with Crippen molar-refractivity contribution in [2.45, 2.75) is 27.7 Å². The van der Waals surface area contributed by atoms with Crippen LogP contribution in [0, 0.1) is 0 Å². The molecule has 0 atom stereocenters. The lowest BCUT2D eigenvalue weighted by atomic mass is 11.0. The van der Waals surface area contributed by atoms with Gasteiger partial charge in [0.05, 0.1) is 13.2 Å². The maximum absolute atomic E-state index is 4.50. The van der Waals surface area contributed by atoms with E-state index in [0.29, 0.717) is 0 Å². The van der Waals surface area contributed by atoms with Crippen LogP contribution in [0.5, 0.6) is 0 Å². The predicted octanol–water partition coefficient (Wildman–Crippen LogP) is 2.07. The molecule has 0 saturated carbocycles. The lowest BCUT2D eigenvalue weighted by molar-refractivity contribution is 0.475. The van der Waals surface area contributed by atoms with Gasteiger partial charge < -0.3 is 4.74 Å². The third-order valence-electron chi connectivity index (χ3n) is 0.204. The highest BCUT2D eigenvalue weighted by atomic mass is 16.6. The molecule has 1 heteroatoms.